The number of carbonyl (C=O) groups is 1. The van der Waals surface area contributed by atoms with Crippen LogP contribution in [0.5, 0.6) is 0 Å². The normalized spacial score (nSPS) is 24.8. The third kappa shape index (κ3) is 3.87. The van der Waals surface area contributed by atoms with Crippen molar-refractivity contribution in [3.05, 3.63) is 46.8 Å². The molecule has 0 saturated carbocycles. The summed E-state index contributed by atoms with van der Waals surface area (Å²) in [5, 5.41) is 11.7. The Balaban J connectivity index is 1.21. The molecular weight excluding hydrogens is 382 g/mol. The predicted octanol–water partition coefficient (Wildman–Crippen LogP) is 1.67. The molecule has 1 spiro atoms. The van der Waals surface area contributed by atoms with Gasteiger partial charge in [-0.2, -0.15) is 0 Å². The molecule has 30 heavy (non-hydrogen) atoms. The Morgan fingerprint density at radius 1 is 1.30 bits per heavy atom. The van der Waals surface area contributed by atoms with Crippen LogP contribution in [0.25, 0.3) is 0 Å². The number of amides is 1. The lowest BCUT2D eigenvalue weighted by Crippen LogP contribution is -2.46. The summed E-state index contributed by atoms with van der Waals surface area (Å²) in [6, 6.07) is 8.17. The van der Waals surface area contributed by atoms with Gasteiger partial charge in [-0.3, -0.25) is 9.69 Å². The second-order valence-electron chi connectivity index (χ2n) is 8.73. The van der Waals surface area contributed by atoms with E-state index in [2.05, 4.69) is 20.5 Å². The molecule has 0 bridgehead atoms. The summed E-state index contributed by atoms with van der Waals surface area (Å²) in [5.74, 6) is -0.100. The zero-order chi connectivity index (χ0) is 20.6. The van der Waals surface area contributed by atoms with E-state index in [1.807, 2.05) is 35.9 Å². The first-order chi connectivity index (χ1) is 14.6. The van der Waals surface area contributed by atoms with Crippen LogP contribution in [-0.2, 0) is 29.2 Å². The van der Waals surface area contributed by atoms with Crippen molar-refractivity contribution in [2.45, 2.75) is 57.5 Å². The fourth-order valence-electron chi connectivity index (χ4n) is 4.87. The summed E-state index contributed by atoms with van der Waals surface area (Å²) in [7, 11) is 0. The van der Waals surface area contributed by atoms with E-state index in [0.717, 1.165) is 69.1 Å². The van der Waals surface area contributed by atoms with Crippen LogP contribution in [0.1, 0.15) is 46.6 Å². The molecule has 2 saturated heterocycles. The number of hydrogen-bond donors (Lipinski definition) is 1. The molecule has 1 amide bonds. The standard InChI is InChI=1S/C22H29N5O3/c1-16-3-2-4-17(11-16)21(28)23-12-19-20-13-30-22(15-27(20)25-24-19)7-8-26(14-22)18-5-9-29-10-6-18/h2-4,11,18H,5-10,12-15H2,1H3,(H,23,28). The van der Waals surface area contributed by atoms with Gasteiger partial charge in [-0.15, -0.1) is 5.10 Å². The van der Waals surface area contributed by atoms with Gasteiger partial charge in [0.1, 0.15) is 11.3 Å². The maximum Gasteiger partial charge on any atom is 0.251 e. The smallest absolute Gasteiger partial charge is 0.251 e. The maximum atomic E-state index is 12.4. The van der Waals surface area contributed by atoms with Crippen molar-refractivity contribution in [1.29, 1.82) is 0 Å². The molecule has 5 rings (SSSR count). The summed E-state index contributed by atoms with van der Waals surface area (Å²) in [5.41, 5.74) is 3.29. The Labute approximate surface area is 176 Å². The molecule has 3 aliphatic rings. The molecule has 160 valence electrons. The van der Waals surface area contributed by atoms with Crippen LogP contribution in [-0.4, -0.2) is 63.7 Å². The highest BCUT2D eigenvalue weighted by atomic mass is 16.5. The molecule has 0 radical (unpaired) electrons. The van der Waals surface area contributed by atoms with Gasteiger partial charge in [0.25, 0.3) is 5.91 Å². The van der Waals surface area contributed by atoms with Crippen molar-refractivity contribution >= 4 is 5.91 Å². The molecule has 1 atom stereocenters. The van der Waals surface area contributed by atoms with Gasteiger partial charge in [0.15, 0.2) is 0 Å². The van der Waals surface area contributed by atoms with Crippen LogP contribution in [0.15, 0.2) is 24.3 Å². The highest BCUT2D eigenvalue weighted by Crippen LogP contribution is 2.34. The van der Waals surface area contributed by atoms with E-state index in [4.69, 9.17) is 9.47 Å². The molecule has 1 aromatic heterocycles. The van der Waals surface area contributed by atoms with Crippen molar-refractivity contribution in [3.63, 3.8) is 0 Å². The number of likely N-dealkylation sites (tertiary alicyclic amines) is 1. The number of hydrogen-bond acceptors (Lipinski definition) is 6. The fourth-order valence-corrected chi connectivity index (χ4v) is 4.87. The topological polar surface area (TPSA) is 81.5 Å². The fraction of sp³-hybridized carbons (Fsp3) is 0.591. The molecule has 2 aromatic rings. The number of ether oxygens (including phenoxy) is 2. The van der Waals surface area contributed by atoms with Gasteiger partial charge in [0.2, 0.25) is 0 Å². The summed E-state index contributed by atoms with van der Waals surface area (Å²) < 4.78 is 13.9. The van der Waals surface area contributed by atoms with E-state index in [0.29, 0.717) is 24.8 Å². The maximum absolute atomic E-state index is 12.4. The van der Waals surface area contributed by atoms with E-state index in [9.17, 15) is 4.79 Å². The number of aromatic nitrogens is 3. The van der Waals surface area contributed by atoms with Crippen LogP contribution >= 0.6 is 0 Å². The average Bonchev–Trinajstić information content (AvgIpc) is 3.37. The SMILES string of the molecule is Cc1cccc(C(=O)NCc2nnn3c2COC2(CCN(C4CCOCC4)C2)C3)c1. The highest BCUT2D eigenvalue weighted by molar-refractivity contribution is 5.94. The lowest BCUT2D eigenvalue weighted by atomic mass is 10.0. The number of nitrogens with one attached hydrogen (secondary N) is 1. The first-order valence-corrected chi connectivity index (χ1v) is 10.8. The first kappa shape index (κ1) is 19.7. The van der Waals surface area contributed by atoms with Gasteiger partial charge < -0.3 is 14.8 Å². The molecule has 1 N–H and O–H groups in total. The molecule has 8 heteroatoms. The number of fused-ring (bicyclic) bond motifs is 1. The molecule has 1 unspecified atom stereocenters. The van der Waals surface area contributed by atoms with Gasteiger partial charge in [-0.05, 0) is 38.3 Å². The van der Waals surface area contributed by atoms with Crippen molar-refractivity contribution in [1.82, 2.24) is 25.2 Å². The molecule has 0 aliphatic carbocycles. The van der Waals surface area contributed by atoms with Gasteiger partial charge in [-0.1, -0.05) is 22.9 Å². The van der Waals surface area contributed by atoms with Gasteiger partial charge in [-0.25, -0.2) is 4.68 Å². The lowest BCUT2D eigenvalue weighted by Gasteiger charge is -2.36. The van der Waals surface area contributed by atoms with E-state index in [-0.39, 0.29) is 11.5 Å². The van der Waals surface area contributed by atoms with Crippen LogP contribution in [0.4, 0.5) is 0 Å². The molecular formula is C22H29N5O3. The van der Waals surface area contributed by atoms with Crippen molar-refractivity contribution in [3.8, 4) is 0 Å². The quantitative estimate of drug-likeness (QED) is 0.824. The number of benzene rings is 1. The second-order valence-corrected chi connectivity index (χ2v) is 8.73. The Morgan fingerprint density at radius 2 is 2.17 bits per heavy atom. The minimum Gasteiger partial charge on any atom is -0.381 e. The van der Waals surface area contributed by atoms with E-state index >= 15 is 0 Å². The number of nitrogens with zero attached hydrogens (tertiary/aromatic N) is 4. The van der Waals surface area contributed by atoms with Crippen LogP contribution in [0, 0.1) is 6.92 Å². The Hall–Kier alpha value is -2.29. The van der Waals surface area contributed by atoms with Gasteiger partial charge in [0.05, 0.1) is 25.4 Å². The summed E-state index contributed by atoms with van der Waals surface area (Å²) in [6.45, 7) is 7.27. The number of rotatable bonds is 4. The number of aryl methyl sites for hydroxylation is 1. The molecule has 8 nitrogen and oxygen atoms in total. The first-order valence-electron chi connectivity index (χ1n) is 10.8. The largest absolute Gasteiger partial charge is 0.381 e. The molecule has 3 aliphatic heterocycles. The second kappa shape index (κ2) is 8.09. The Morgan fingerprint density at radius 3 is 3.00 bits per heavy atom. The minimum atomic E-state index is -0.179. The Bertz CT molecular complexity index is 923. The third-order valence-corrected chi connectivity index (χ3v) is 6.62. The van der Waals surface area contributed by atoms with Crippen molar-refractivity contribution in [2.24, 2.45) is 0 Å². The zero-order valence-electron chi connectivity index (χ0n) is 17.5. The average molecular weight is 412 g/mol. The van der Waals surface area contributed by atoms with E-state index < -0.39 is 0 Å². The van der Waals surface area contributed by atoms with Crippen molar-refractivity contribution in [2.75, 3.05) is 26.3 Å². The molecule has 4 heterocycles. The minimum absolute atomic E-state index is 0.100. The summed E-state index contributed by atoms with van der Waals surface area (Å²) in [6.07, 6.45) is 3.23. The number of carbonyl (C=O) groups excluding carboxylic acids is 1. The van der Waals surface area contributed by atoms with E-state index in [1.165, 1.54) is 0 Å². The Kier molecular flexibility index (Phi) is 5.30. The van der Waals surface area contributed by atoms with Crippen LogP contribution < -0.4 is 5.32 Å². The molecule has 2 fully saturated rings. The van der Waals surface area contributed by atoms with Crippen molar-refractivity contribution < 1.29 is 14.3 Å². The lowest BCUT2D eigenvalue weighted by molar-refractivity contribution is -0.0879. The van der Waals surface area contributed by atoms with E-state index in [1.54, 1.807) is 0 Å². The summed E-state index contributed by atoms with van der Waals surface area (Å²) in [4.78, 5) is 15.0. The van der Waals surface area contributed by atoms with Crippen LogP contribution in [0.2, 0.25) is 0 Å². The third-order valence-electron chi connectivity index (χ3n) is 6.62. The monoisotopic (exact) mass is 411 g/mol. The van der Waals surface area contributed by atoms with Gasteiger partial charge >= 0.3 is 0 Å². The summed E-state index contributed by atoms with van der Waals surface area (Å²) >= 11 is 0. The van der Waals surface area contributed by atoms with Crippen LogP contribution in [0.3, 0.4) is 0 Å². The highest BCUT2D eigenvalue weighted by Gasteiger charge is 2.45. The zero-order valence-corrected chi connectivity index (χ0v) is 17.5. The predicted molar refractivity (Wildman–Crippen MR) is 110 cm³/mol. The molecule has 1 aromatic carbocycles. The van der Waals surface area contributed by atoms with Gasteiger partial charge in [0, 0.05) is 37.9 Å².